The molecule has 0 aliphatic carbocycles. The molecule has 1 amide bonds. The van der Waals surface area contributed by atoms with E-state index in [4.69, 9.17) is 5.73 Å². The number of hydrogen-bond acceptors (Lipinski definition) is 4. The van der Waals surface area contributed by atoms with Crippen molar-refractivity contribution >= 4 is 43.1 Å². The highest BCUT2D eigenvalue weighted by atomic mass is 35.5. The first-order chi connectivity index (χ1) is 10.1. The van der Waals surface area contributed by atoms with Crippen molar-refractivity contribution in [1.29, 1.82) is 0 Å². The van der Waals surface area contributed by atoms with Gasteiger partial charge in [-0.15, -0.1) is 37.2 Å². The molecule has 1 aliphatic rings. The molecule has 0 saturated carbocycles. The summed E-state index contributed by atoms with van der Waals surface area (Å²) in [5.74, 6) is 0.0975. The van der Waals surface area contributed by atoms with Crippen LogP contribution in [0.5, 0.6) is 0 Å². The summed E-state index contributed by atoms with van der Waals surface area (Å²) in [5, 5.41) is 4.22. The van der Waals surface area contributed by atoms with Gasteiger partial charge in [0.2, 0.25) is 5.91 Å². The van der Waals surface area contributed by atoms with Gasteiger partial charge in [-0.2, -0.15) is 5.10 Å². The average molecular weight is 403 g/mol. The number of carbonyl (C=O) groups is 1. The Morgan fingerprint density at radius 1 is 1.29 bits per heavy atom. The third kappa shape index (κ3) is 7.15. The van der Waals surface area contributed by atoms with Gasteiger partial charge >= 0.3 is 0 Å². The van der Waals surface area contributed by atoms with Crippen molar-refractivity contribution in [2.24, 2.45) is 11.7 Å². The van der Waals surface area contributed by atoms with Crippen LogP contribution in [0.3, 0.4) is 0 Å². The Morgan fingerprint density at radius 2 is 1.92 bits per heavy atom. The van der Waals surface area contributed by atoms with Crippen molar-refractivity contribution < 1.29 is 4.79 Å². The van der Waals surface area contributed by atoms with Gasteiger partial charge < -0.3 is 15.5 Å². The van der Waals surface area contributed by atoms with Gasteiger partial charge in [0.15, 0.2) is 0 Å². The van der Waals surface area contributed by atoms with Crippen LogP contribution in [0.4, 0.5) is 0 Å². The molecule has 1 aromatic heterocycles. The number of carbonyl (C=O) groups excluding carboxylic acids is 1. The molecule has 142 valence electrons. The Kier molecular flexibility index (Phi) is 13.7. The maximum absolute atomic E-state index is 12.2. The van der Waals surface area contributed by atoms with Gasteiger partial charge in [-0.3, -0.25) is 9.48 Å². The van der Waals surface area contributed by atoms with E-state index in [0.717, 1.165) is 39.0 Å². The number of halogens is 3. The van der Waals surface area contributed by atoms with E-state index in [1.54, 1.807) is 0 Å². The third-order valence-corrected chi connectivity index (χ3v) is 4.43. The molecular weight excluding hydrogens is 373 g/mol. The largest absolute Gasteiger partial charge is 0.342 e. The monoisotopic (exact) mass is 401 g/mol. The molecule has 1 fully saturated rings. The summed E-state index contributed by atoms with van der Waals surface area (Å²) in [6.45, 7) is 6.35. The smallest absolute Gasteiger partial charge is 0.226 e. The number of likely N-dealkylation sites (tertiary alicyclic amines) is 1. The lowest BCUT2D eigenvalue weighted by Crippen LogP contribution is -2.48. The Morgan fingerprint density at radius 3 is 2.42 bits per heavy atom. The molecule has 0 bridgehead atoms. The van der Waals surface area contributed by atoms with Crippen molar-refractivity contribution in [1.82, 2.24) is 19.6 Å². The highest BCUT2D eigenvalue weighted by Gasteiger charge is 2.27. The first kappa shape index (κ1) is 25.7. The lowest BCUT2D eigenvalue weighted by molar-refractivity contribution is -0.136. The normalized spacial score (nSPS) is 16.3. The second-order valence-corrected chi connectivity index (χ2v) is 5.93. The van der Waals surface area contributed by atoms with Crippen molar-refractivity contribution in [2.75, 3.05) is 33.2 Å². The average Bonchev–Trinajstić information content (AvgIpc) is 3.04. The zero-order chi connectivity index (χ0) is 15.2. The van der Waals surface area contributed by atoms with Crippen molar-refractivity contribution in [2.45, 2.75) is 32.4 Å². The van der Waals surface area contributed by atoms with E-state index in [2.05, 4.69) is 10.00 Å². The standard InChI is InChI=1S/C15H27N5O.3ClH/c1-13(12-16)15(21)18(2)14-4-8-19(9-5-14)10-11-20-7-3-6-17-20;;;/h3,6-7,13-14H,4-5,8-12,16H2,1-2H3;3*1H. The van der Waals surface area contributed by atoms with Crippen LogP contribution >= 0.6 is 37.2 Å². The predicted octanol–water partition coefficient (Wildman–Crippen LogP) is 1.67. The lowest BCUT2D eigenvalue weighted by Gasteiger charge is -2.37. The van der Waals surface area contributed by atoms with Crippen LogP contribution in [0.15, 0.2) is 18.5 Å². The molecule has 6 nitrogen and oxygen atoms in total. The maximum Gasteiger partial charge on any atom is 0.226 e. The third-order valence-electron chi connectivity index (χ3n) is 4.43. The number of nitrogens with zero attached hydrogens (tertiary/aromatic N) is 4. The van der Waals surface area contributed by atoms with E-state index in [9.17, 15) is 4.79 Å². The molecule has 24 heavy (non-hydrogen) atoms. The molecule has 1 aliphatic heterocycles. The quantitative estimate of drug-likeness (QED) is 0.786. The topological polar surface area (TPSA) is 67.4 Å². The molecule has 0 spiro atoms. The first-order valence-electron chi connectivity index (χ1n) is 7.78. The van der Waals surface area contributed by atoms with Gasteiger partial charge in [0.25, 0.3) is 0 Å². The second-order valence-electron chi connectivity index (χ2n) is 5.93. The maximum atomic E-state index is 12.2. The summed E-state index contributed by atoms with van der Waals surface area (Å²) in [5.41, 5.74) is 5.58. The summed E-state index contributed by atoms with van der Waals surface area (Å²) < 4.78 is 1.96. The molecule has 2 N–H and O–H groups in total. The number of nitrogens with two attached hydrogens (primary N) is 1. The Hall–Kier alpha value is -0.530. The molecule has 1 aromatic rings. The Bertz CT molecular complexity index is 438. The minimum Gasteiger partial charge on any atom is -0.342 e. The number of amides is 1. The summed E-state index contributed by atoms with van der Waals surface area (Å²) >= 11 is 0. The van der Waals surface area contributed by atoms with Crippen LogP contribution in [0.1, 0.15) is 19.8 Å². The minimum atomic E-state index is -0.0761. The second kappa shape index (κ2) is 12.8. The summed E-state index contributed by atoms with van der Waals surface area (Å²) in [6, 6.07) is 2.30. The highest BCUT2D eigenvalue weighted by Crippen LogP contribution is 2.17. The van der Waals surface area contributed by atoms with E-state index in [1.165, 1.54) is 0 Å². The fourth-order valence-corrected chi connectivity index (χ4v) is 2.84. The van der Waals surface area contributed by atoms with Gasteiger partial charge in [0.1, 0.15) is 0 Å². The number of aromatic nitrogens is 2. The first-order valence-corrected chi connectivity index (χ1v) is 7.78. The van der Waals surface area contributed by atoms with E-state index >= 15 is 0 Å². The molecular formula is C15H30Cl3N5O. The summed E-state index contributed by atoms with van der Waals surface area (Å²) in [7, 11) is 1.92. The van der Waals surface area contributed by atoms with E-state index in [1.807, 2.05) is 42.0 Å². The number of hydrogen-bond donors (Lipinski definition) is 1. The molecule has 1 unspecified atom stereocenters. The van der Waals surface area contributed by atoms with Crippen LogP contribution in [-0.4, -0.2) is 64.8 Å². The zero-order valence-electron chi connectivity index (χ0n) is 14.3. The van der Waals surface area contributed by atoms with Crippen LogP contribution in [0, 0.1) is 5.92 Å². The van der Waals surface area contributed by atoms with Gasteiger partial charge in [-0.25, -0.2) is 0 Å². The molecule has 9 heteroatoms. The van der Waals surface area contributed by atoms with Gasteiger partial charge in [0, 0.05) is 57.6 Å². The number of rotatable bonds is 6. The Balaban J connectivity index is 0. The van der Waals surface area contributed by atoms with Gasteiger partial charge in [0.05, 0.1) is 6.54 Å². The summed E-state index contributed by atoms with van der Waals surface area (Å²) in [6.07, 6.45) is 5.89. The summed E-state index contributed by atoms with van der Waals surface area (Å²) in [4.78, 5) is 16.5. The SMILES string of the molecule is CC(CN)C(=O)N(C)C1CCN(CCn2cccn2)CC1.Cl.Cl.Cl. The molecule has 2 heterocycles. The zero-order valence-corrected chi connectivity index (χ0v) is 16.8. The van der Waals surface area contributed by atoms with Crippen molar-refractivity contribution in [3.8, 4) is 0 Å². The molecule has 1 saturated heterocycles. The molecule has 0 radical (unpaired) electrons. The number of piperidine rings is 1. The fourth-order valence-electron chi connectivity index (χ4n) is 2.84. The molecule has 2 rings (SSSR count). The molecule has 0 aromatic carbocycles. The van der Waals surface area contributed by atoms with Gasteiger partial charge in [-0.1, -0.05) is 6.92 Å². The van der Waals surface area contributed by atoms with Gasteiger partial charge in [-0.05, 0) is 18.9 Å². The van der Waals surface area contributed by atoms with Crippen LogP contribution in [0.2, 0.25) is 0 Å². The Labute approximate surface area is 163 Å². The molecule has 1 atom stereocenters. The van der Waals surface area contributed by atoms with E-state index < -0.39 is 0 Å². The van der Waals surface area contributed by atoms with Crippen molar-refractivity contribution in [3.05, 3.63) is 18.5 Å². The van der Waals surface area contributed by atoms with Crippen molar-refractivity contribution in [3.63, 3.8) is 0 Å². The highest BCUT2D eigenvalue weighted by molar-refractivity contribution is 5.86. The predicted molar refractivity (Wildman–Crippen MR) is 104 cm³/mol. The fraction of sp³-hybridized carbons (Fsp3) is 0.733. The minimum absolute atomic E-state index is 0. The van der Waals surface area contributed by atoms with Crippen LogP contribution in [-0.2, 0) is 11.3 Å². The van der Waals surface area contributed by atoms with E-state index in [-0.39, 0.29) is 49.0 Å². The lowest BCUT2D eigenvalue weighted by atomic mass is 10.0. The van der Waals surface area contributed by atoms with Crippen LogP contribution < -0.4 is 5.73 Å². The van der Waals surface area contributed by atoms with Crippen LogP contribution in [0.25, 0.3) is 0 Å². The van der Waals surface area contributed by atoms with E-state index in [0.29, 0.717) is 12.6 Å².